The van der Waals surface area contributed by atoms with Crippen LogP contribution in [0.4, 0.5) is 0 Å². The maximum atomic E-state index is 9.02. The highest BCUT2D eigenvalue weighted by molar-refractivity contribution is 4.81. The van der Waals surface area contributed by atoms with Crippen LogP contribution in [0.5, 0.6) is 0 Å². The SMILES string of the molecule is CCCCC=CCCCC(O)CO. The number of hydrogen-bond acceptors (Lipinski definition) is 2. The molecule has 0 saturated carbocycles. The second kappa shape index (κ2) is 9.75. The van der Waals surface area contributed by atoms with Crippen molar-refractivity contribution in [2.75, 3.05) is 6.61 Å². The Kier molecular flexibility index (Phi) is 9.49. The first-order chi connectivity index (χ1) is 6.31. The van der Waals surface area contributed by atoms with Crippen LogP contribution >= 0.6 is 0 Å². The van der Waals surface area contributed by atoms with Gasteiger partial charge in [-0.1, -0.05) is 31.9 Å². The second-order valence-corrected chi connectivity index (χ2v) is 3.38. The van der Waals surface area contributed by atoms with E-state index in [-0.39, 0.29) is 6.61 Å². The lowest BCUT2D eigenvalue weighted by Gasteiger charge is -2.03. The maximum absolute atomic E-state index is 9.02. The van der Waals surface area contributed by atoms with Gasteiger partial charge in [-0.15, -0.1) is 0 Å². The van der Waals surface area contributed by atoms with E-state index in [1.807, 2.05) is 0 Å². The number of unbranched alkanes of at least 4 members (excludes halogenated alkanes) is 3. The largest absolute Gasteiger partial charge is 0.394 e. The first kappa shape index (κ1) is 12.7. The van der Waals surface area contributed by atoms with Crippen molar-refractivity contribution in [1.29, 1.82) is 0 Å². The zero-order valence-corrected chi connectivity index (χ0v) is 8.58. The molecule has 0 aromatic rings. The Hall–Kier alpha value is -0.340. The van der Waals surface area contributed by atoms with E-state index in [0.717, 1.165) is 12.8 Å². The molecule has 13 heavy (non-hydrogen) atoms. The topological polar surface area (TPSA) is 40.5 Å². The molecular formula is C11H22O2. The van der Waals surface area contributed by atoms with Crippen LogP contribution in [0.2, 0.25) is 0 Å². The van der Waals surface area contributed by atoms with E-state index in [9.17, 15) is 0 Å². The molecule has 78 valence electrons. The quantitative estimate of drug-likeness (QED) is 0.451. The minimum atomic E-state index is -0.524. The van der Waals surface area contributed by atoms with E-state index < -0.39 is 6.10 Å². The fourth-order valence-corrected chi connectivity index (χ4v) is 1.12. The van der Waals surface area contributed by atoms with Gasteiger partial charge in [0, 0.05) is 0 Å². The predicted molar refractivity (Wildman–Crippen MR) is 55.6 cm³/mol. The van der Waals surface area contributed by atoms with Gasteiger partial charge in [0.05, 0.1) is 12.7 Å². The molecule has 0 rings (SSSR count). The average Bonchev–Trinajstić information content (AvgIpc) is 2.16. The summed E-state index contributed by atoms with van der Waals surface area (Å²) >= 11 is 0. The molecule has 0 amide bonds. The summed E-state index contributed by atoms with van der Waals surface area (Å²) in [5.41, 5.74) is 0. The molecule has 2 nitrogen and oxygen atoms in total. The highest BCUT2D eigenvalue weighted by Crippen LogP contribution is 2.02. The van der Waals surface area contributed by atoms with Crippen molar-refractivity contribution in [3.63, 3.8) is 0 Å². The van der Waals surface area contributed by atoms with E-state index in [1.165, 1.54) is 19.3 Å². The zero-order valence-electron chi connectivity index (χ0n) is 8.58. The lowest BCUT2D eigenvalue weighted by molar-refractivity contribution is 0.0868. The van der Waals surface area contributed by atoms with Crippen LogP contribution in [0.3, 0.4) is 0 Å². The summed E-state index contributed by atoms with van der Waals surface area (Å²) in [6.45, 7) is 2.07. The third-order valence-corrected chi connectivity index (χ3v) is 2.01. The summed E-state index contributed by atoms with van der Waals surface area (Å²) in [6.07, 6.45) is 10.2. The molecule has 0 aromatic heterocycles. The third-order valence-electron chi connectivity index (χ3n) is 2.01. The fourth-order valence-electron chi connectivity index (χ4n) is 1.12. The van der Waals surface area contributed by atoms with Gasteiger partial charge in [-0.2, -0.15) is 0 Å². The van der Waals surface area contributed by atoms with E-state index in [2.05, 4.69) is 19.1 Å². The predicted octanol–water partition coefficient (Wildman–Crippen LogP) is 2.26. The average molecular weight is 186 g/mol. The summed E-state index contributed by atoms with van der Waals surface area (Å²) in [6, 6.07) is 0. The molecule has 0 aliphatic rings. The van der Waals surface area contributed by atoms with Gasteiger partial charge < -0.3 is 10.2 Å². The third kappa shape index (κ3) is 9.57. The van der Waals surface area contributed by atoms with Crippen molar-refractivity contribution in [2.24, 2.45) is 0 Å². The van der Waals surface area contributed by atoms with Gasteiger partial charge in [0.25, 0.3) is 0 Å². The second-order valence-electron chi connectivity index (χ2n) is 3.38. The lowest BCUT2D eigenvalue weighted by Crippen LogP contribution is -2.10. The van der Waals surface area contributed by atoms with Crippen LogP contribution in [-0.2, 0) is 0 Å². The highest BCUT2D eigenvalue weighted by Gasteiger charge is 1.98. The molecule has 1 atom stereocenters. The van der Waals surface area contributed by atoms with Crippen molar-refractivity contribution in [2.45, 2.75) is 51.6 Å². The van der Waals surface area contributed by atoms with Crippen LogP contribution in [0.1, 0.15) is 45.4 Å². The Morgan fingerprint density at radius 1 is 1.15 bits per heavy atom. The maximum Gasteiger partial charge on any atom is 0.0771 e. The van der Waals surface area contributed by atoms with Gasteiger partial charge in [-0.25, -0.2) is 0 Å². The van der Waals surface area contributed by atoms with Crippen LogP contribution in [0.25, 0.3) is 0 Å². The molecule has 2 heteroatoms. The number of hydrogen-bond donors (Lipinski definition) is 2. The summed E-state index contributed by atoms with van der Waals surface area (Å²) < 4.78 is 0. The lowest BCUT2D eigenvalue weighted by atomic mass is 10.1. The molecule has 0 heterocycles. The van der Waals surface area contributed by atoms with Crippen molar-refractivity contribution in [1.82, 2.24) is 0 Å². The molecule has 2 N–H and O–H groups in total. The standard InChI is InChI=1S/C11H22O2/c1-2-3-4-5-6-7-8-9-11(13)10-12/h5-6,11-13H,2-4,7-10H2,1H3. The van der Waals surface area contributed by atoms with E-state index in [0.29, 0.717) is 6.42 Å². The molecule has 0 saturated heterocycles. The molecule has 0 bridgehead atoms. The molecule has 0 radical (unpaired) electrons. The highest BCUT2D eigenvalue weighted by atomic mass is 16.3. The normalized spacial score (nSPS) is 13.8. The van der Waals surface area contributed by atoms with Gasteiger partial charge in [-0.05, 0) is 25.7 Å². The van der Waals surface area contributed by atoms with Gasteiger partial charge in [0.15, 0.2) is 0 Å². The van der Waals surface area contributed by atoms with Gasteiger partial charge in [-0.3, -0.25) is 0 Å². The Bertz CT molecular complexity index is 121. The monoisotopic (exact) mass is 186 g/mol. The minimum Gasteiger partial charge on any atom is -0.394 e. The summed E-state index contributed by atoms with van der Waals surface area (Å²) in [5.74, 6) is 0. The van der Waals surface area contributed by atoms with Crippen molar-refractivity contribution >= 4 is 0 Å². The molecule has 0 aliphatic heterocycles. The molecule has 0 aliphatic carbocycles. The molecule has 1 unspecified atom stereocenters. The minimum absolute atomic E-state index is 0.112. The summed E-state index contributed by atoms with van der Waals surface area (Å²) in [4.78, 5) is 0. The van der Waals surface area contributed by atoms with Gasteiger partial charge >= 0.3 is 0 Å². The van der Waals surface area contributed by atoms with Crippen molar-refractivity contribution in [3.05, 3.63) is 12.2 Å². The number of allylic oxidation sites excluding steroid dienone is 2. The summed E-state index contributed by atoms with van der Waals surface area (Å²) in [5, 5.41) is 17.6. The number of rotatable bonds is 8. The molecular weight excluding hydrogens is 164 g/mol. The Morgan fingerprint density at radius 3 is 2.31 bits per heavy atom. The smallest absolute Gasteiger partial charge is 0.0771 e. The number of aliphatic hydroxyl groups is 2. The van der Waals surface area contributed by atoms with Crippen LogP contribution in [-0.4, -0.2) is 22.9 Å². The zero-order chi connectivity index (χ0) is 9.94. The Labute approximate surface area is 81.3 Å². The van der Waals surface area contributed by atoms with E-state index in [1.54, 1.807) is 0 Å². The molecule has 0 aromatic carbocycles. The fraction of sp³-hybridized carbons (Fsp3) is 0.818. The van der Waals surface area contributed by atoms with Crippen molar-refractivity contribution in [3.8, 4) is 0 Å². The van der Waals surface area contributed by atoms with Crippen LogP contribution < -0.4 is 0 Å². The van der Waals surface area contributed by atoms with Crippen LogP contribution in [0, 0.1) is 0 Å². The Morgan fingerprint density at radius 2 is 1.77 bits per heavy atom. The van der Waals surface area contributed by atoms with Gasteiger partial charge in [0.1, 0.15) is 0 Å². The summed E-state index contributed by atoms with van der Waals surface area (Å²) in [7, 11) is 0. The first-order valence-corrected chi connectivity index (χ1v) is 5.25. The molecule has 0 fully saturated rings. The molecule has 0 spiro atoms. The Balaban J connectivity index is 3.10. The van der Waals surface area contributed by atoms with Crippen LogP contribution in [0.15, 0.2) is 12.2 Å². The van der Waals surface area contributed by atoms with Gasteiger partial charge in [0.2, 0.25) is 0 Å². The van der Waals surface area contributed by atoms with Crippen molar-refractivity contribution < 1.29 is 10.2 Å². The van der Waals surface area contributed by atoms with E-state index in [4.69, 9.17) is 10.2 Å². The first-order valence-electron chi connectivity index (χ1n) is 5.25. The van der Waals surface area contributed by atoms with E-state index >= 15 is 0 Å². The number of aliphatic hydroxyl groups excluding tert-OH is 2.